The molecule has 2 aromatic heterocycles. The SMILES string of the molecule is O=C(CSc1ccc2nnc(-c3ccccc3)n2n1)NC1CCCCC1. The third-order valence-corrected chi connectivity index (χ3v) is 5.51. The number of rotatable bonds is 5. The van der Waals surface area contributed by atoms with Crippen molar-refractivity contribution in [3.63, 3.8) is 0 Å². The molecule has 0 aliphatic heterocycles. The molecule has 0 unspecified atom stereocenters. The number of hydrogen-bond acceptors (Lipinski definition) is 5. The molecule has 0 radical (unpaired) electrons. The molecule has 1 fully saturated rings. The number of nitrogens with one attached hydrogen (secondary N) is 1. The predicted molar refractivity (Wildman–Crippen MR) is 102 cm³/mol. The first-order valence-electron chi connectivity index (χ1n) is 9.00. The van der Waals surface area contributed by atoms with Crippen LogP contribution in [0.15, 0.2) is 47.5 Å². The first kappa shape index (κ1) is 17.0. The Balaban J connectivity index is 1.44. The average Bonchev–Trinajstić information content (AvgIpc) is 3.11. The highest BCUT2D eigenvalue weighted by Crippen LogP contribution is 2.21. The third-order valence-electron chi connectivity index (χ3n) is 4.59. The summed E-state index contributed by atoms with van der Waals surface area (Å²) in [5.41, 5.74) is 1.66. The molecular formula is C19H21N5OS. The number of benzene rings is 1. The number of carbonyl (C=O) groups excluding carboxylic acids is 1. The second kappa shape index (κ2) is 7.86. The van der Waals surface area contributed by atoms with E-state index in [9.17, 15) is 4.79 Å². The third kappa shape index (κ3) is 3.88. The van der Waals surface area contributed by atoms with Gasteiger partial charge in [0.05, 0.1) is 5.75 Å². The fourth-order valence-corrected chi connectivity index (χ4v) is 3.94. The van der Waals surface area contributed by atoms with E-state index in [-0.39, 0.29) is 5.91 Å². The Morgan fingerprint density at radius 2 is 1.88 bits per heavy atom. The highest BCUT2D eigenvalue weighted by atomic mass is 32.2. The topological polar surface area (TPSA) is 72.2 Å². The van der Waals surface area contributed by atoms with Gasteiger partial charge in [0.15, 0.2) is 11.5 Å². The molecule has 4 rings (SSSR count). The molecule has 1 aliphatic carbocycles. The van der Waals surface area contributed by atoms with Crippen molar-refractivity contribution >= 4 is 23.3 Å². The average molecular weight is 367 g/mol. The molecule has 6 nitrogen and oxygen atoms in total. The quantitative estimate of drug-likeness (QED) is 0.700. The number of thioether (sulfide) groups is 1. The van der Waals surface area contributed by atoms with Crippen molar-refractivity contribution in [2.45, 2.75) is 43.2 Å². The summed E-state index contributed by atoms with van der Waals surface area (Å²) in [7, 11) is 0. The van der Waals surface area contributed by atoms with Crippen LogP contribution in [0.5, 0.6) is 0 Å². The maximum atomic E-state index is 12.2. The summed E-state index contributed by atoms with van der Waals surface area (Å²) in [6.07, 6.45) is 5.91. The monoisotopic (exact) mass is 367 g/mol. The Bertz CT molecular complexity index is 889. The number of aromatic nitrogens is 4. The number of hydrogen-bond donors (Lipinski definition) is 1. The van der Waals surface area contributed by atoms with Gasteiger partial charge in [-0.3, -0.25) is 4.79 Å². The van der Waals surface area contributed by atoms with E-state index < -0.39 is 0 Å². The highest BCUT2D eigenvalue weighted by molar-refractivity contribution is 7.99. The smallest absolute Gasteiger partial charge is 0.230 e. The standard InChI is InChI=1S/C19H21N5OS/c25-17(20-15-9-5-2-6-10-15)13-26-18-12-11-16-21-22-19(24(16)23-18)14-7-3-1-4-8-14/h1,3-4,7-8,11-12,15H,2,5-6,9-10,13H2,(H,20,25). The zero-order valence-electron chi connectivity index (χ0n) is 14.5. The van der Waals surface area contributed by atoms with Crippen molar-refractivity contribution in [3.05, 3.63) is 42.5 Å². The van der Waals surface area contributed by atoms with Crippen LogP contribution in [0.1, 0.15) is 32.1 Å². The molecule has 26 heavy (non-hydrogen) atoms. The normalized spacial score (nSPS) is 15.2. The molecule has 3 aromatic rings. The molecule has 1 amide bonds. The van der Waals surface area contributed by atoms with Crippen LogP contribution in [-0.2, 0) is 4.79 Å². The Hall–Kier alpha value is -2.41. The minimum Gasteiger partial charge on any atom is -0.353 e. The highest BCUT2D eigenvalue weighted by Gasteiger charge is 2.16. The first-order chi connectivity index (χ1) is 12.8. The molecule has 1 aliphatic rings. The summed E-state index contributed by atoms with van der Waals surface area (Å²) in [5, 5.41) is 16.9. The van der Waals surface area contributed by atoms with Gasteiger partial charge in [-0.25, -0.2) is 0 Å². The zero-order valence-corrected chi connectivity index (χ0v) is 15.3. The zero-order chi connectivity index (χ0) is 17.8. The molecule has 134 valence electrons. The van der Waals surface area contributed by atoms with Crippen LogP contribution < -0.4 is 5.32 Å². The van der Waals surface area contributed by atoms with E-state index in [1.165, 1.54) is 31.0 Å². The largest absolute Gasteiger partial charge is 0.353 e. The van der Waals surface area contributed by atoms with Crippen LogP contribution in [0.2, 0.25) is 0 Å². The summed E-state index contributed by atoms with van der Waals surface area (Å²) in [6.45, 7) is 0. The lowest BCUT2D eigenvalue weighted by Crippen LogP contribution is -2.37. The Labute approximate surface area is 156 Å². The second-order valence-corrected chi connectivity index (χ2v) is 7.52. The Kier molecular flexibility index (Phi) is 5.15. The predicted octanol–water partition coefficient (Wildman–Crippen LogP) is 3.33. The number of nitrogens with zero attached hydrogens (tertiary/aromatic N) is 4. The van der Waals surface area contributed by atoms with Gasteiger partial charge in [0.1, 0.15) is 5.03 Å². The number of fused-ring (bicyclic) bond motifs is 1. The van der Waals surface area contributed by atoms with Gasteiger partial charge in [0.25, 0.3) is 0 Å². The minimum atomic E-state index is 0.0795. The lowest BCUT2D eigenvalue weighted by atomic mass is 9.95. The molecule has 1 saturated carbocycles. The Morgan fingerprint density at radius 3 is 2.69 bits per heavy atom. The van der Waals surface area contributed by atoms with E-state index in [0.29, 0.717) is 23.3 Å². The van der Waals surface area contributed by atoms with E-state index in [4.69, 9.17) is 0 Å². The van der Waals surface area contributed by atoms with Crippen molar-refractivity contribution in [3.8, 4) is 11.4 Å². The van der Waals surface area contributed by atoms with Crippen molar-refractivity contribution in [1.29, 1.82) is 0 Å². The van der Waals surface area contributed by atoms with Gasteiger partial charge >= 0.3 is 0 Å². The van der Waals surface area contributed by atoms with E-state index in [1.807, 2.05) is 42.5 Å². The lowest BCUT2D eigenvalue weighted by Gasteiger charge is -2.22. The molecule has 0 bridgehead atoms. The summed E-state index contributed by atoms with van der Waals surface area (Å²) >= 11 is 1.44. The van der Waals surface area contributed by atoms with Crippen molar-refractivity contribution < 1.29 is 4.79 Å². The van der Waals surface area contributed by atoms with Crippen molar-refractivity contribution in [2.24, 2.45) is 0 Å². The fourth-order valence-electron chi connectivity index (χ4n) is 3.27. The molecular weight excluding hydrogens is 346 g/mol. The Morgan fingerprint density at radius 1 is 1.08 bits per heavy atom. The number of carbonyl (C=O) groups is 1. The van der Waals surface area contributed by atoms with Crippen LogP contribution >= 0.6 is 11.8 Å². The van der Waals surface area contributed by atoms with E-state index in [2.05, 4.69) is 20.6 Å². The molecule has 0 spiro atoms. The molecule has 1 aromatic carbocycles. The summed E-state index contributed by atoms with van der Waals surface area (Å²) in [6, 6.07) is 14.0. The van der Waals surface area contributed by atoms with Crippen molar-refractivity contribution in [1.82, 2.24) is 25.1 Å². The van der Waals surface area contributed by atoms with Gasteiger partial charge in [-0.2, -0.15) is 9.61 Å². The second-order valence-electron chi connectivity index (χ2n) is 6.52. The summed E-state index contributed by atoms with van der Waals surface area (Å²) in [5.74, 6) is 1.16. The van der Waals surface area contributed by atoms with Gasteiger partial charge < -0.3 is 5.32 Å². The fraction of sp³-hybridized carbons (Fsp3) is 0.368. The van der Waals surface area contributed by atoms with Gasteiger partial charge in [-0.1, -0.05) is 61.4 Å². The lowest BCUT2D eigenvalue weighted by molar-refractivity contribution is -0.119. The number of amides is 1. The van der Waals surface area contributed by atoms with Crippen LogP contribution in [0.25, 0.3) is 17.0 Å². The molecule has 0 saturated heterocycles. The van der Waals surface area contributed by atoms with Gasteiger partial charge in [-0.15, -0.1) is 10.2 Å². The van der Waals surface area contributed by atoms with Gasteiger partial charge in [0.2, 0.25) is 5.91 Å². The van der Waals surface area contributed by atoms with Gasteiger partial charge in [0, 0.05) is 11.6 Å². The minimum absolute atomic E-state index is 0.0795. The molecule has 7 heteroatoms. The van der Waals surface area contributed by atoms with E-state index in [0.717, 1.165) is 23.4 Å². The maximum absolute atomic E-state index is 12.2. The first-order valence-corrected chi connectivity index (χ1v) is 9.98. The summed E-state index contributed by atoms with van der Waals surface area (Å²) in [4.78, 5) is 12.2. The summed E-state index contributed by atoms with van der Waals surface area (Å²) < 4.78 is 1.73. The van der Waals surface area contributed by atoms with Gasteiger partial charge in [-0.05, 0) is 25.0 Å². The van der Waals surface area contributed by atoms with E-state index >= 15 is 0 Å². The molecule has 2 heterocycles. The van der Waals surface area contributed by atoms with Crippen LogP contribution in [-0.4, -0.2) is 37.5 Å². The van der Waals surface area contributed by atoms with Crippen LogP contribution in [0, 0.1) is 0 Å². The molecule has 1 N–H and O–H groups in total. The van der Waals surface area contributed by atoms with Crippen LogP contribution in [0.4, 0.5) is 0 Å². The van der Waals surface area contributed by atoms with E-state index in [1.54, 1.807) is 4.52 Å². The maximum Gasteiger partial charge on any atom is 0.230 e. The van der Waals surface area contributed by atoms with Crippen molar-refractivity contribution in [2.75, 3.05) is 5.75 Å². The van der Waals surface area contributed by atoms with Crippen LogP contribution in [0.3, 0.4) is 0 Å². The molecule has 0 atom stereocenters.